The Balaban J connectivity index is 1.62. The van der Waals surface area contributed by atoms with Crippen molar-refractivity contribution in [3.8, 4) is 5.88 Å². The molecule has 0 unspecified atom stereocenters. The maximum atomic E-state index is 12.3. The van der Waals surface area contributed by atoms with Crippen molar-refractivity contribution in [2.24, 2.45) is 10.2 Å². The van der Waals surface area contributed by atoms with E-state index in [1.165, 1.54) is 11.3 Å². The van der Waals surface area contributed by atoms with Gasteiger partial charge in [0.05, 0.1) is 17.3 Å². The van der Waals surface area contributed by atoms with E-state index in [2.05, 4.69) is 25.2 Å². The van der Waals surface area contributed by atoms with Crippen LogP contribution in [0.2, 0.25) is 0 Å². The smallest absolute Gasteiger partial charge is 0.272 e. The highest BCUT2D eigenvalue weighted by Crippen LogP contribution is 2.36. The number of azo groups is 1. The van der Waals surface area contributed by atoms with Gasteiger partial charge < -0.3 is 15.1 Å². The highest BCUT2D eigenvalue weighted by Gasteiger charge is 2.15. The zero-order chi connectivity index (χ0) is 20.0. The molecule has 0 fully saturated rings. The molecular formula is C19H17N5O3S. The average Bonchev–Trinajstić information content (AvgIpc) is 3.10. The maximum Gasteiger partial charge on any atom is 0.272 e. The Morgan fingerprint density at radius 2 is 2.04 bits per heavy atom. The number of aryl methyl sites for hydroxylation is 3. The summed E-state index contributed by atoms with van der Waals surface area (Å²) in [4.78, 5) is 36.0. The van der Waals surface area contributed by atoms with Crippen molar-refractivity contribution in [2.45, 2.75) is 27.2 Å². The number of nitrogens with one attached hydrogen (secondary N) is 2. The number of aromatic amines is 2. The summed E-state index contributed by atoms with van der Waals surface area (Å²) in [6.45, 7) is 5.70. The highest BCUT2D eigenvalue weighted by atomic mass is 32.1. The van der Waals surface area contributed by atoms with Crippen molar-refractivity contribution in [1.29, 1.82) is 0 Å². The third kappa shape index (κ3) is 2.99. The minimum Gasteiger partial charge on any atom is -0.493 e. The van der Waals surface area contributed by atoms with Crippen LogP contribution in [0.15, 0.2) is 33.2 Å². The fourth-order valence-corrected chi connectivity index (χ4v) is 4.15. The van der Waals surface area contributed by atoms with E-state index in [0.717, 1.165) is 21.5 Å². The Morgan fingerprint density at radius 3 is 2.82 bits per heavy atom. The van der Waals surface area contributed by atoms with Crippen molar-refractivity contribution >= 4 is 44.1 Å². The SMILES string of the molecule is Cc1sc2nc(CC(=O)N=Nc3c(O)[nH]c4c(C)cccc34)[nH]c(=O)c2c1C. The molecule has 0 bridgehead atoms. The summed E-state index contributed by atoms with van der Waals surface area (Å²) in [6, 6.07) is 5.52. The number of para-hydroxylation sites is 1. The number of hydrogen-bond acceptors (Lipinski definition) is 6. The zero-order valence-electron chi connectivity index (χ0n) is 15.5. The minimum atomic E-state index is -0.575. The van der Waals surface area contributed by atoms with Gasteiger partial charge in [0, 0.05) is 10.3 Å². The number of H-pyrrole nitrogens is 2. The molecule has 1 amide bonds. The lowest BCUT2D eigenvalue weighted by atomic mass is 10.1. The van der Waals surface area contributed by atoms with Crippen LogP contribution in [0.4, 0.5) is 5.69 Å². The molecule has 0 spiro atoms. The lowest BCUT2D eigenvalue weighted by Crippen LogP contribution is -2.13. The maximum absolute atomic E-state index is 12.3. The molecule has 0 atom stereocenters. The molecule has 3 N–H and O–H groups in total. The summed E-state index contributed by atoms with van der Waals surface area (Å²) in [5.74, 6) is -0.492. The Bertz CT molecular complexity index is 1330. The Kier molecular flexibility index (Phi) is 4.31. The molecule has 0 saturated carbocycles. The van der Waals surface area contributed by atoms with Gasteiger partial charge >= 0.3 is 0 Å². The number of amides is 1. The van der Waals surface area contributed by atoms with Crippen molar-refractivity contribution in [1.82, 2.24) is 15.0 Å². The molecule has 3 heterocycles. The molecule has 1 aromatic carbocycles. The first-order valence-electron chi connectivity index (χ1n) is 8.59. The Hall–Kier alpha value is -3.33. The van der Waals surface area contributed by atoms with E-state index in [4.69, 9.17) is 0 Å². The van der Waals surface area contributed by atoms with E-state index in [0.29, 0.717) is 15.6 Å². The van der Waals surface area contributed by atoms with E-state index in [1.54, 1.807) is 6.07 Å². The van der Waals surface area contributed by atoms with Crippen LogP contribution in [-0.4, -0.2) is 26.0 Å². The fraction of sp³-hybridized carbons (Fsp3) is 0.211. The third-order valence-corrected chi connectivity index (χ3v) is 5.77. The van der Waals surface area contributed by atoms with E-state index >= 15 is 0 Å². The summed E-state index contributed by atoms with van der Waals surface area (Å²) in [5, 5.41) is 18.9. The van der Waals surface area contributed by atoms with Crippen LogP contribution in [-0.2, 0) is 11.2 Å². The third-order valence-electron chi connectivity index (χ3n) is 4.66. The van der Waals surface area contributed by atoms with Gasteiger partial charge in [-0.15, -0.1) is 21.6 Å². The molecule has 3 aromatic heterocycles. The number of nitrogens with zero attached hydrogens (tertiary/aromatic N) is 3. The van der Waals surface area contributed by atoms with E-state index < -0.39 is 5.91 Å². The van der Waals surface area contributed by atoms with Gasteiger partial charge in [0.2, 0.25) is 5.88 Å². The number of carbonyl (C=O) groups is 1. The molecule has 0 saturated heterocycles. The number of carbonyl (C=O) groups excluding carboxylic acids is 1. The second-order valence-electron chi connectivity index (χ2n) is 6.57. The molecule has 8 nitrogen and oxygen atoms in total. The molecule has 0 aliphatic rings. The summed E-state index contributed by atoms with van der Waals surface area (Å²) < 4.78 is 0. The fourth-order valence-electron chi connectivity index (χ4n) is 3.10. The second-order valence-corrected chi connectivity index (χ2v) is 7.77. The molecule has 0 aliphatic heterocycles. The van der Waals surface area contributed by atoms with Gasteiger partial charge in [0.25, 0.3) is 11.5 Å². The largest absolute Gasteiger partial charge is 0.493 e. The van der Waals surface area contributed by atoms with Crippen LogP contribution in [0, 0.1) is 20.8 Å². The second kappa shape index (κ2) is 6.68. The molecule has 4 aromatic rings. The predicted molar refractivity (Wildman–Crippen MR) is 108 cm³/mol. The zero-order valence-corrected chi connectivity index (χ0v) is 16.3. The van der Waals surface area contributed by atoms with Crippen molar-refractivity contribution < 1.29 is 9.90 Å². The summed E-state index contributed by atoms with van der Waals surface area (Å²) in [7, 11) is 0. The molecule has 4 rings (SSSR count). The van der Waals surface area contributed by atoms with Crippen molar-refractivity contribution in [2.75, 3.05) is 0 Å². The molecule has 28 heavy (non-hydrogen) atoms. The van der Waals surface area contributed by atoms with Gasteiger partial charge in [-0.2, -0.15) is 0 Å². The van der Waals surface area contributed by atoms with Gasteiger partial charge in [-0.05, 0) is 31.9 Å². The highest BCUT2D eigenvalue weighted by molar-refractivity contribution is 7.18. The summed E-state index contributed by atoms with van der Waals surface area (Å²) >= 11 is 1.42. The first kappa shape index (κ1) is 18.1. The number of aromatic nitrogens is 3. The molecule has 142 valence electrons. The monoisotopic (exact) mass is 395 g/mol. The van der Waals surface area contributed by atoms with Crippen LogP contribution >= 0.6 is 11.3 Å². The topological polar surface area (TPSA) is 124 Å². The number of hydrogen-bond donors (Lipinski definition) is 3. The van der Waals surface area contributed by atoms with Crippen LogP contribution in [0.5, 0.6) is 5.88 Å². The average molecular weight is 395 g/mol. The van der Waals surface area contributed by atoms with Crippen LogP contribution in [0.3, 0.4) is 0 Å². The molecular weight excluding hydrogens is 378 g/mol. The molecule has 0 aliphatic carbocycles. The number of benzene rings is 1. The Morgan fingerprint density at radius 1 is 1.25 bits per heavy atom. The first-order chi connectivity index (χ1) is 13.3. The normalized spacial score (nSPS) is 11.8. The quantitative estimate of drug-likeness (QED) is 0.454. The van der Waals surface area contributed by atoms with E-state index in [1.807, 2.05) is 32.9 Å². The predicted octanol–water partition coefficient (Wildman–Crippen LogP) is 3.95. The van der Waals surface area contributed by atoms with E-state index in [-0.39, 0.29) is 29.4 Å². The lowest BCUT2D eigenvalue weighted by molar-refractivity contribution is -0.117. The summed E-state index contributed by atoms with van der Waals surface area (Å²) in [6.07, 6.45) is -0.188. The number of fused-ring (bicyclic) bond motifs is 2. The van der Waals surface area contributed by atoms with Crippen molar-refractivity contribution in [3.05, 3.63) is 50.4 Å². The first-order valence-corrected chi connectivity index (χ1v) is 9.40. The molecule has 9 heteroatoms. The van der Waals surface area contributed by atoms with Gasteiger partial charge in [-0.1, -0.05) is 18.2 Å². The van der Waals surface area contributed by atoms with Crippen LogP contribution in [0.25, 0.3) is 21.1 Å². The lowest BCUT2D eigenvalue weighted by Gasteiger charge is -1.98. The van der Waals surface area contributed by atoms with Gasteiger partial charge in [0.1, 0.15) is 10.7 Å². The van der Waals surface area contributed by atoms with E-state index in [9.17, 15) is 14.7 Å². The number of aromatic hydroxyl groups is 1. The Labute approximate surface area is 163 Å². The number of thiophene rings is 1. The molecule has 0 radical (unpaired) electrons. The van der Waals surface area contributed by atoms with Crippen LogP contribution in [0.1, 0.15) is 21.8 Å². The van der Waals surface area contributed by atoms with Crippen LogP contribution < -0.4 is 5.56 Å². The van der Waals surface area contributed by atoms with Crippen molar-refractivity contribution in [3.63, 3.8) is 0 Å². The van der Waals surface area contributed by atoms with Gasteiger partial charge in [0.15, 0.2) is 5.69 Å². The number of rotatable bonds is 3. The van der Waals surface area contributed by atoms with Gasteiger partial charge in [-0.25, -0.2) is 4.98 Å². The van der Waals surface area contributed by atoms with Gasteiger partial charge in [-0.3, -0.25) is 9.59 Å². The standard InChI is InChI=1S/C19H17N5O3S/c1-8-5-4-6-11-15(8)22-18(27)16(11)24-23-13(25)7-12-20-17(26)14-9(2)10(3)28-19(14)21-12/h4-6,22,27H,7H2,1-3H3,(H,20,21,26). The minimum absolute atomic E-state index is 0.154. The summed E-state index contributed by atoms with van der Waals surface area (Å²) in [5.41, 5.74) is 2.51.